The van der Waals surface area contributed by atoms with Crippen molar-refractivity contribution in [3.63, 3.8) is 0 Å². The Bertz CT molecular complexity index is 942. The molecule has 2 aliphatic heterocycles. The van der Waals surface area contributed by atoms with Crippen molar-refractivity contribution >= 4 is 12.1 Å². The van der Waals surface area contributed by atoms with E-state index in [1.165, 1.54) is 19.6 Å². The highest BCUT2D eigenvalue weighted by molar-refractivity contribution is 5.66. The second-order valence-corrected chi connectivity index (χ2v) is 12.4. The minimum Gasteiger partial charge on any atom is -0.459 e. The number of ether oxygens (including phenoxy) is 6. The van der Waals surface area contributed by atoms with Gasteiger partial charge in [-0.1, -0.05) is 26.3 Å². The van der Waals surface area contributed by atoms with Gasteiger partial charge in [0.05, 0.1) is 26.4 Å². The maximum Gasteiger partial charge on any atom is 0.508 e. The van der Waals surface area contributed by atoms with Gasteiger partial charge in [-0.15, -0.1) is 0 Å². The lowest BCUT2D eigenvalue weighted by atomic mass is 9.46. The van der Waals surface area contributed by atoms with E-state index in [4.69, 9.17) is 28.4 Å². The molecule has 36 heavy (non-hydrogen) atoms. The summed E-state index contributed by atoms with van der Waals surface area (Å²) in [6.07, 6.45) is 5.76. The van der Waals surface area contributed by atoms with Crippen LogP contribution in [0.2, 0.25) is 0 Å². The van der Waals surface area contributed by atoms with Crippen LogP contribution in [-0.4, -0.2) is 63.2 Å². The van der Waals surface area contributed by atoms with E-state index in [0.29, 0.717) is 43.3 Å². The summed E-state index contributed by atoms with van der Waals surface area (Å²) in [5.41, 5.74) is 1.17. The molecule has 0 radical (unpaired) electrons. The Kier molecular flexibility index (Phi) is 5.97. The van der Waals surface area contributed by atoms with Gasteiger partial charge in [0.2, 0.25) is 0 Å². The molecule has 4 aliphatic carbocycles. The summed E-state index contributed by atoms with van der Waals surface area (Å²) in [5.74, 6) is 1.45. The molecule has 2 saturated heterocycles. The quantitative estimate of drug-likeness (QED) is 0.319. The molecule has 8 heteroatoms. The minimum absolute atomic E-state index is 0.0363. The number of rotatable bonds is 4. The highest BCUT2D eigenvalue weighted by atomic mass is 16.7. The second kappa shape index (κ2) is 8.70. The molecule has 3 saturated carbocycles. The zero-order chi connectivity index (χ0) is 25.4. The molecule has 6 rings (SSSR count). The highest BCUT2D eigenvalue weighted by Crippen LogP contribution is 2.69. The van der Waals surface area contributed by atoms with E-state index in [1.807, 2.05) is 0 Å². The Morgan fingerprint density at radius 1 is 1.08 bits per heavy atom. The standard InChI is InChI=1S/C28H40O8/c1-14(25-32-10-11-33-25)17-6-7-18-22-19(8-9-27(17,18)3)28(4)16(12-20(22)35-26(30)31-5)13-21(34-15(2)29)23-24(28)36-23/h12,14,17-25H,6-11,13H2,1-5H3/t14?,17-,18+,19+,20?,21?,22+,23?,24?,27-,28+/m1/s1. The molecule has 0 amide bonds. The van der Waals surface area contributed by atoms with Crippen LogP contribution in [0.25, 0.3) is 0 Å². The zero-order valence-electron chi connectivity index (χ0n) is 22.1. The maximum absolute atomic E-state index is 12.4. The van der Waals surface area contributed by atoms with Gasteiger partial charge in [-0.05, 0) is 54.9 Å². The van der Waals surface area contributed by atoms with Gasteiger partial charge in [0.1, 0.15) is 18.3 Å². The molecular weight excluding hydrogens is 464 g/mol. The Hall–Kier alpha value is -1.64. The van der Waals surface area contributed by atoms with Crippen LogP contribution in [0.15, 0.2) is 11.6 Å². The van der Waals surface area contributed by atoms with Crippen LogP contribution in [0.1, 0.15) is 59.8 Å². The number of methoxy groups -OCH3 is 1. The lowest BCUT2D eigenvalue weighted by Crippen LogP contribution is -2.58. The smallest absolute Gasteiger partial charge is 0.459 e. The van der Waals surface area contributed by atoms with Crippen molar-refractivity contribution in [3.8, 4) is 0 Å². The van der Waals surface area contributed by atoms with E-state index in [2.05, 4.69) is 26.8 Å². The summed E-state index contributed by atoms with van der Waals surface area (Å²) in [5, 5.41) is 0. The Morgan fingerprint density at radius 2 is 1.83 bits per heavy atom. The second-order valence-electron chi connectivity index (χ2n) is 12.4. The molecular formula is C28H40O8. The van der Waals surface area contributed by atoms with Crippen LogP contribution < -0.4 is 0 Å². The van der Waals surface area contributed by atoms with Crippen molar-refractivity contribution in [2.45, 2.75) is 90.5 Å². The van der Waals surface area contributed by atoms with E-state index >= 15 is 0 Å². The highest BCUT2D eigenvalue weighted by Gasteiger charge is 2.70. The average molecular weight is 505 g/mol. The van der Waals surface area contributed by atoms with Gasteiger partial charge in [0, 0.05) is 30.6 Å². The predicted octanol–water partition coefficient (Wildman–Crippen LogP) is 4.25. The fourth-order valence-corrected chi connectivity index (χ4v) is 9.35. The molecule has 5 unspecified atom stereocenters. The maximum atomic E-state index is 12.4. The van der Waals surface area contributed by atoms with Gasteiger partial charge >= 0.3 is 12.1 Å². The fraction of sp³-hybridized carbons (Fsp3) is 0.857. The van der Waals surface area contributed by atoms with Gasteiger partial charge in [-0.25, -0.2) is 4.79 Å². The molecule has 0 aromatic rings. The lowest BCUT2D eigenvalue weighted by molar-refractivity contribution is -0.149. The summed E-state index contributed by atoms with van der Waals surface area (Å²) >= 11 is 0. The number of hydrogen-bond donors (Lipinski definition) is 0. The first kappa shape index (κ1) is 24.7. The molecule has 0 aromatic heterocycles. The van der Waals surface area contributed by atoms with Gasteiger partial charge in [0.25, 0.3) is 0 Å². The first-order valence-corrected chi connectivity index (χ1v) is 13.7. The van der Waals surface area contributed by atoms with Crippen LogP contribution in [0.4, 0.5) is 4.79 Å². The molecule has 0 bridgehead atoms. The van der Waals surface area contributed by atoms with Crippen LogP contribution in [0, 0.1) is 40.4 Å². The average Bonchev–Trinajstić information content (AvgIpc) is 3.32. The molecule has 200 valence electrons. The van der Waals surface area contributed by atoms with Gasteiger partial charge in [-0.3, -0.25) is 4.79 Å². The monoisotopic (exact) mass is 504 g/mol. The predicted molar refractivity (Wildman–Crippen MR) is 128 cm³/mol. The van der Waals surface area contributed by atoms with Crippen LogP contribution in [0.3, 0.4) is 0 Å². The van der Waals surface area contributed by atoms with Gasteiger partial charge in [0.15, 0.2) is 6.29 Å². The Labute approximate surface area is 213 Å². The summed E-state index contributed by atoms with van der Waals surface area (Å²) in [6.45, 7) is 9.84. The van der Waals surface area contributed by atoms with Crippen LogP contribution in [-0.2, 0) is 33.2 Å². The molecule has 11 atom stereocenters. The third-order valence-electron chi connectivity index (χ3n) is 10.9. The topological polar surface area (TPSA) is 92.8 Å². The zero-order valence-corrected chi connectivity index (χ0v) is 22.1. The SMILES string of the molecule is COC(=O)OC1C=C2CC(OC(C)=O)C3OC3[C@]2(C)[C@H]2CC[C@]3(C)[C@@H](C(C)C4OCCO4)CC[C@H]3[C@H]12. The van der Waals surface area contributed by atoms with Crippen molar-refractivity contribution in [2.24, 2.45) is 40.4 Å². The van der Waals surface area contributed by atoms with Crippen LogP contribution >= 0.6 is 0 Å². The number of esters is 1. The molecule has 6 aliphatic rings. The Balaban J connectivity index is 1.34. The summed E-state index contributed by atoms with van der Waals surface area (Å²) in [7, 11) is 1.36. The molecule has 0 N–H and O–H groups in total. The number of fused-ring (bicyclic) bond motifs is 7. The van der Waals surface area contributed by atoms with Gasteiger partial charge < -0.3 is 28.4 Å². The van der Waals surface area contributed by atoms with E-state index in [1.54, 1.807) is 0 Å². The lowest BCUT2D eigenvalue weighted by Gasteiger charge is -2.59. The fourth-order valence-electron chi connectivity index (χ4n) is 9.35. The normalized spacial score (nSPS) is 48.0. The third kappa shape index (κ3) is 3.57. The number of epoxide rings is 1. The van der Waals surface area contributed by atoms with Gasteiger partial charge in [-0.2, -0.15) is 0 Å². The summed E-state index contributed by atoms with van der Waals surface area (Å²) < 4.78 is 34.6. The Morgan fingerprint density at radius 3 is 2.53 bits per heavy atom. The largest absolute Gasteiger partial charge is 0.508 e. The minimum atomic E-state index is -0.643. The molecule has 0 aromatic carbocycles. The molecule has 0 spiro atoms. The van der Waals surface area contributed by atoms with E-state index in [9.17, 15) is 9.59 Å². The number of hydrogen-bond acceptors (Lipinski definition) is 8. The molecule has 8 nitrogen and oxygen atoms in total. The van der Waals surface area contributed by atoms with Crippen molar-refractivity contribution in [2.75, 3.05) is 20.3 Å². The van der Waals surface area contributed by atoms with E-state index in [0.717, 1.165) is 25.7 Å². The molecule has 5 fully saturated rings. The van der Waals surface area contributed by atoms with Crippen LogP contribution in [0.5, 0.6) is 0 Å². The summed E-state index contributed by atoms with van der Waals surface area (Å²) in [4.78, 5) is 24.1. The van der Waals surface area contributed by atoms with E-state index < -0.39 is 6.16 Å². The van der Waals surface area contributed by atoms with Crippen molar-refractivity contribution in [1.82, 2.24) is 0 Å². The van der Waals surface area contributed by atoms with Crippen molar-refractivity contribution in [1.29, 1.82) is 0 Å². The number of carbonyl (C=O) groups is 2. The number of carbonyl (C=O) groups excluding carboxylic acids is 2. The first-order chi connectivity index (χ1) is 17.2. The summed E-state index contributed by atoms with van der Waals surface area (Å²) in [6, 6.07) is 0. The van der Waals surface area contributed by atoms with Crippen molar-refractivity contribution in [3.05, 3.63) is 11.6 Å². The molecule has 2 heterocycles. The first-order valence-electron chi connectivity index (χ1n) is 13.7. The van der Waals surface area contributed by atoms with E-state index in [-0.39, 0.29) is 53.4 Å². The van der Waals surface area contributed by atoms with Crippen molar-refractivity contribution < 1.29 is 38.0 Å². The third-order valence-corrected chi connectivity index (χ3v) is 10.9.